The third-order valence-corrected chi connectivity index (χ3v) is 5.00. The maximum atomic E-state index is 12.3. The first-order chi connectivity index (χ1) is 14.1. The van der Waals surface area contributed by atoms with E-state index in [1.54, 1.807) is 28.8 Å². The zero-order chi connectivity index (χ0) is 20.6. The van der Waals surface area contributed by atoms with E-state index in [0.29, 0.717) is 22.2 Å². The molecule has 0 aliphatic rings. The lowest BCUT2D eigenvalue weighted by Crippen LogP contribution is -2.17. The number of nitrogens with one attached hydrogen (secondary N) is 1. The van der Waals surface area contributed by atoms with Crippen LogP contribution in [-0.4, -0.2) is 39.5 Å². The highest BCUT2D eigenvalue weighted by Crippen LogP contribution is 2.20. The van der Waals surface area contributed by atoms with E-state index in [9.17, 15) is 9.59 Å². The van der Waals surface area contributed by atoms with E-state index in [4.69, 9.17) is 9.47 Å². The zero-order valence-corrected chi connectivity index (χ0v) is 16.8. The van der Waals surface area contributed by atoms with Crippen LogP contribution in [0.1, 0.15) is 16.2 Å². The standard InChI is InChI=1S/C20H20N4O4S/c1-24-17(12-28-14-8-4-3-5-9-14)22-23-20(24)29-13-18(25)21-16-11-7-6-10-15(16)19(26)27-2/h3-11H,12-13H2,1-2H3,(H,21,25). The predicted octanol–water partition coefficient (Wildman–Crippen LogP) is 2.91. The fraction of sp³-hybridized carbons (Fsp3) is 0.200. The first-order valence-electron chi connectivity index (χ1n) is 8.74. The van der Waals surface area contributed by atoms with Crippen LogP contribution in [0, 0.1) is 0 Å². The van der Waals surface area contributed by atoms with Crippen LogP contribution in [0.2, 0.25) is 0 Å². The van der Waals surface area contributed by atoms with Gasteiger partial charge >= 0.3 is 5.97 Å². The summed E-state index contributed by atoms with van der Waals surface area (Å²) in [5, 5.41) is 11.5. The van der Waals surface area contributed by atoms with Gasteiger partial charge in [0, 0.05) is 7.05 Å². The summed E-state index contributed by atoms with van der Waals surface area (Å²) >= 11 is 1.24. The Labute approximate surface area is 172 Å². The fourth-order valence-electron chi connectivity index (χ4n) is 2.46. The van der Waals surface area contributed by atoms with Gasteiger partial charge in [-0.05, 0) is 24.3 Å². The molecule has 0 aliphatic heterocycles. The Balaban J connectivity index is 1.56. The monoisotopic (exact) mass is 412 g/mol. The molecule has 0 bridgehead atoms. The van der Waals surface area contributed by atoms with Gasteiger partial charge in [-0.3, -0.25) is 4.79 Å². The molecule has 0 fully saturated rings. The molecular formula is C20H20N4O4S. The molecule has 0 saturated carbocycles. The van der Waals surface area contributed by atoms with Crippen molar-refractivity contribution in [2.24, 2.45) is 7.05 Å². The Morgan fingerprint density at radius 1 is 1.07 bits per heavy atom. The molecular weight excluding hydrogens is 392 g/mol. The molecule has 9 heteroatoms. The van der Waals surface area contributed by atoms with Crippen molar-refractivity contribution in [2.45, 2.75) is 11.8 Å². The van der Waals surface area contributed by atoms with E-state index in [1.807, 2.05) is 37.4 Å². The number of amides is 1. The van der Waals surface area contributed by atoms with Crippen molar-refractivity contribution in [1.82, 2.24) is 14.8 Å². The quantitative estimate of drug-likeness (QED) is 0.449. The van der Waals surface area contributed by atoms with E-state index in [2.05, 4.69) is 15.5 Å². The lowest BCUT2D eigenvalue weighted by Gasteiger charge is -2.09. The average molecular weight is 412 g/mol. The van der Waals surface area contributed by atoms with Gasteiger partial charge in [-0.1, -0.05) is 42.1 Å². The summed E-state index contributed by atoms with van der Waals surface area (Å²) in [7, 11) is 3.11. The van der Waals surface area contributed by atoms with Crippen molar-refractivity contribution in [1.29, 1.82) is 0 Å². The van der Waals surface area contributed by atoms with Crippen LogP contribution in [0.4, 0.5) is 5.69 Å². The Bertz CT molecular complexity index is 991. The average Bonchev–Trinajstić information content (AvgIpc) is 3.10. The number of nitrogens with zero attached hydrogens (tertiary/aromatic N) is 3. The Hall–Kier alpha value is -3.33. The number of benzene rings is 2. The van der Waals surface area contributed by atoms with Gasteiger partial charge < -0.3 is 19.4 Å². The Kier molecular flexibility index (Phi) is 6.85. The molecule has 3 rings (SSSR count). The fourth-order valence-corrected chi connectivity index (χ4v) is 3.19. The van der Waals surface area contributed by atoms with Crippen LogP contribution in [0.15, 0.2) is 59.8 Å². The molecule has 1 heterocycles. The number of hydrogen-bond acceptors (Lipinski definition) is 7. The van der Waals surface area contributed by atoms with Crippen LogP contribution in [0.3, 0.4) is 0 Å². The van der Waals surface area contributed by atoms with Gasteiger partial charge in [0.2, 0.25) is 5.91 Å². The zero-order valence-electron chi connectivity index (χ0n) is 16.0. The van der Waals surface area contributed by atoms with Gasteiger partial charge in [0.25, 0.3) is 0 Å². The SMILES string of the molecule is COC(=O)c1ccccc1NC(=O)CSc1nnc(COc2ccccc2)n1C. The van der Waals surface area contributed by atoms with E-state index in [-0.39, 0.29) is 18.3 Å². The molecule has 150 valence electrons. The summed E-state index contributed by atoms with van der Waals surface area (Å²) in [6.45, 7) is 0.271. The van der Waals surface area contributed by atoms with E-state index >= 15 is 0 Å². The number of carbonyl (C=O) groups excluding carboxylic acids is 2. The van der Waals surface area contributed by atoms with E-state index in [1.165, 1.54) is 18.9 Å². The van der Waals surface area contributed by atoms with E-state index in [0.717, 1.165) is 5.75 Å². The maximum absolute atomic E-state index is 12.3. The number of methoxy groups -OCH3 is 1. The molecule has 2 aromatic carbocycles. The summed E-state index contributed by atoms with van der Waals surface area (Å²) in [6.07, 6.45) is 0. The second kappa shape index (κ2) is 9.74. The maximum Gasteiger partial charge on any atom is 0.339 e. The topological polar surface area (TPSA) is 95.3 Å². The summed E-state index contributed by atoms with van der Waals surface area (Å²) in [5.41, 5.74) is 0.701. The van der Waals surface area contributed by atoms with Gasteiger partial charge in [-0.25, -0.2) is 4.79 Å². The van der Waals surface area contributed by atoms with Crippen LogP contribution < -0.4 is 10.1 Å². The Morgan fingerprint density at radius 2 is 1.79 bits per heavy atom. The molecule has 0 radical (unpaired) electrons. The van der Waals surface area contributed by atoms with Crippen LogP contribution >= 0.6 is 11.8 Å². The van der Waals surface area contributed by atoms with Crippen molar-refractivity contribution in [3.05, 3.63) is 66.0 Å². The van der Waals surface area contributed by atoms with Crippen molar-refractivity contribution < 1.29 is 19.1 Å². The van der Waals surface area contributed by atoms with Crippen LogP contribution in [0.5, 0.6) is 5.75 Å². The first kappa shape index (κ1) is 20.4. The molecule has 1 N–H and O–H groups in total. The molecule has 0 spiro atoms. The molecule has 29 heavy (non-hydrogen) atoms. The van der Waals surface area contributed by atoms with Crippen molar-refractivity contribution in [2.75, 3.05) is 18.2 Å². The highest BCUT2D eigenvalue weighted by atomic mass is 32.2. The third kappa shape index (κ3) is 5.35. The molecule has 3 aromatic rings. The Morgan fingerprint density at radius 3 is 2.55 bits per heavy atom. The van der Waals surface area contributed by atoms with Gasteiger partial charge in [-0.15, -0.1) is 10.2 Å². The molecule has 0 aliphatic carbocycles. The first-order valence-corrected chi connectivity index (χ1v) is 9.73. The van der Waals surface area contributed by atoms with Crippen LogP contribution in [0.25, 0.3) is 0 Å². The number of esters is 1. The molecule has 0 unspecified atom stereocenters. The van der Waals surface area contributed by atoms with Crippen LogP contribution in [-0.2, 0) is 23.2 Å². The summed E-state index contributed by atoms with van der Waals surface area (Å²) in [5.74, 6) is 0.726. The van der Waals surface area contributed by atoms with Gasteiger partial charge in [0.05, 0.1) is 24.1 Å². The number of aromatic nitrogens is 3. The number of carbonyl (C=O) groups is 2. The number of rotatable bonds is 8. The lowest BCUT2D eigenvalue weighted by atomic mass is 10.2. The smallest absolute Gasteiger partial charge is 0.339 e. The molecule has 1 amide bonds. The summed E-state index contributed by atoms with van der Waals surface area (Å²) in [6, 6.07) is 16.1. The highest BCUT2D eigenvalue weighted by molar-refractivity contribution is 7.99. The number of ether oxygens (including phenoxy) is 2. The van der Waals surface area contributed by atoms with E-state index < -0.39 is 5.97 Å². The number of thioether (sulfide) groups is 1. The molecule has 0 atom stereocenters. The lowest BCUT2D eigenvalue weighted by molar-refractivity contribution is -0.113. The summed E-state index contributed by atoms with van der Waals surface area (Å²) in [4.78, 5) is 24.1. The minimum absolute atomic E-state index is 0.112. The van der Waals surface area contributed by atoms with Crippen molar-refractivity contribution in [3.63, 3.8) is 0 Å². The van der Waals surface area contributed by atoms with Gasteiger partial charge in [-0.2, -0.15) is 0 Å². The second-order valence-corrected chi connectivity index (χ2v) is 6.88. The number of anilines is 1. The molecule has 1 aromatic heterocycles. The third-order valence-electron chi connectivity index (χ3n) is 3.98. The minimum Gasteiger partial charge on any atom is -0.486 e. The normalized spacial score (nSPS) is 10.4. The predicted molar refractivity (Wildman–Crippen MR) is 109 cm³/mol. The summed E-state index contributed by atoms with van der Waals surface area (Å²) < 4.78 is 12.2. The van der Waals surface area contributed by atoms with Crippen molar-refractivity contribution in [3.8, 4) is 5.75 Å². The number of hydrogen-bond donors (Lipinski definition) is 1. The second-order valence-electron chi connectivity index (χ2n) is 5.93. The minimum atomic E-state index is -0.509. The molecule has 0 saturated heterocycles. The van der Waals surface area contributed by atoms with Crippen molar-refractivity contribution >= 4 is 29.3 Å². The van der Waals surface area contributed by atoms with Gasteiger partial charge in [0.1, 0.15) is 12.4 Å². The molecule has 8 nitrogen and oxygen atoms in total. The van der Waals surface area contributed by atoms with Gasteiger partial charge in [0.15, 0.2) is 11.0 Å². The largest absolute Gasteiger partial charge is 0.486 e. The number of para-hydroxylation sites is 2. The highest BCUT2D eigenvalue weighted by Gasteiger charge is 2.15.